The van der Waals surface area contributed by atoms with Gasteiger partial charge in [-0.2, -0.15) is 4.98 Å². The van der Waals surface area contributed by atoms with Crippen LogP contribution in [0.1, 0.15) is 11.1 Å². The first-order chi connectivity index (χ1) is 14.8. The van der Waals surface area contributed by atoms with E-state index in [-0.39, 0.29) is 6.54 Å². The van der Waals surface area contributed by atoms with E-state index < -0.39 is 22.5 Å². The van der Waals surface area contributed by atoms with E-state index >= 15 is 0 Å². The number of nitrogens with two attached hydrogens (primary N) is 1. The summed E-state index contributed by atoms with van der Waals surface area (Å²) in [6.07, 6.45) is 0.875. The predicted molar refractivity (Wildman–Crippen MR) is 126 cm³/mol. The number of hydrogen-bond donors (Lipinski definition) is 2. The van der Waals surface area contributed by atoms with Crippen molar-refractivity contribution in [1.29, 1.82) is 0 Å². The summed E-state index contributed by atoms with van der Waals surface area (Å²) >= 11 is 0. The zero-order valence-corrected chi connectivity index (χ0v) is 18.6. The number of hydrogen-bond acceptors (Lipinski definition) is 6. The summed E-state index contributed by atoms with van der Waals surface area (Å²) in [7, 11) is -1.88. The minimum Gasteiger partial charge on any atom is -0.351 e. The lowest BCUT2D eigenvalue weighted by molar-refractivity contribution is 0.333. The predicted octanol–water partition coefficient (Wildman–Crippen LogP) is 3.71. The molecule has 3 unspecified atom stereocenters. The molecule has 0 aliphatic carbocycles. The average Bonchev–Trinajstić information content (AvgIpc) is 3.01. The number of aryl methyl sites for hydroxylation is 1. The van der Waals surface area contributed by atoms with E-state index in [1.54, 1.807) is 0 Å². The molecule has 0 amide bonds. The largest absolute Gasteiger partial charge is 0.351 e. The molecule has 3 aromatic rings. The lowest BCUT2D eigenvalue weighted by Crippen LogP contribution is -2.31. The Kier molecular flexibility index (Phi) is 5.03. The summed E-state index contributed by atoms with van der Waals surface area (Å²) < 4.78 is 25.4. The molecule has 6 nitrogen and oxygen atoms in total. The Morgan fingerprint density at radius 1 is 1.13 bits per heavy atom. The van der Waals surface area contributed by atoms with Crippen molar-refractivity contribution in [1.82, 2.24) is 9.97 Å². The zero-order valence-electron chi connectivity index (χ0n) is 17.8. The summed E-state index contributed by atoms with van der Waals surface area (Å²) in [6.45, 7) is 3.98. The number of fused-ring (bicyclic) bond motifs is 2. The third-order valence-electron chi connectivity index (χ3n) is 6.26. The first-order valence-electron chi connectivity index (χ1n) is 10.6. The second-order valence-electron chi connectivity index (χ2n) is 8.73. The number of benzene rings is 2. The number of anilines is 2. The van der Waals surface area contributed by atoms with Crippen molar-refractivity contribution in [3.8, 4) is 0 Å². The fraction of sp³-hybridized carbons (Fsp3) is 0.391. The number of nitrogens with zero attached hydrogens (tertiary/aromatic N) is 4. The Hall–Kier alpha value is -2.42. The lowest BCUT2D eigenvalue weighted by Gasteiger charge is -2.29. The normalized spacial score (nSPS) is 28.3. The van der Waals surface area contributed by atoms with E-state index in [4.69, 9.17) is 15.7 Å². The van der Waals surface area contributed by atoms with Crippen LogP contribution in [0.25, 0.3) is 10.9 Å². The fourth-order valence-corrected chi connectivity index (χ4v) is 6.34. The Morgan fingerprint density at radius 2 is 1.94 bits per heavy atom. The Labute approximate surface area is 183 Å². The highest BCUT2D eigenvalue weighted by atomic mass is 32.3. The quantitative estimate of drug-likeness (QED) is 0.631. The van der Waals surface area contributed by atoms with Gasteiger partial charge in [0.2, 0.25) is 5.95 Å². The van der Waals surface area contributed by atoms with Gasteiger partial charge in [0.25, 0.3) is 0 Å². The van der Waals surface area contributed by atoms with Crippen molar-refractivity contribution in [3.63, 3.8) is 0 Å². The van der Waals surface area contributed by atoms with Gasteiger partial charge in [-0.05, 0) is 36.9 Å². The van der Waals surface area contributed by atoms with Crippen LogP contribution in [-0.2, 0) is 6.54 Å². The monoisotopic (exact) mass is 441 g/mol. The van der Waals surface area contributed by atoms with E-state index in [2.05, 4.69) is 17.0 Å². The molecule has 1 fully saturated rings. The standard InChI is InChI=1S/C23H28FN5OS/c1-15-7-8-20-17(11-15)22(29-13-18(24)19(25)14-29)27-23(26-20)28-9-10-31(2,30)21-6-4-3-5-16(21)12-28/h3-8,11,18-19,30H,9-10,12-14,25H2,1-2H3. The number of halogens is 1. The molecule has 1 saturated heterocycles. The van der Waals surface area contributed by atoms with Crippen LogP contribution in [-0.4, -0.2) is 58.4 Å². The summed E-state index contributed by atoms with van der Waals surface area (Å²) in [5.74, 6) is 1.99. The molecule has 2 aliphatic heterocycles. The van der Waals surface area contributed by atoms with Crippen LogP contribution < -0.4 is 15.5 Å². The van der Waals surface area contributed by atoms with Crippen LogP contribution in [0.15, 0.2) is 47.4 Å². The van der Waals surface area contributed by atoms with Crippen molar-refractivity contribution in [3.05, 3.63) is 53.6 Å². The second kappa shape index (κ2) is 7.62. The van der Waals surface area contributed by atoms with E-state index in [1.165, 1.54) is 0 Å². The third-order valence-corrected chi connectivity index (χ3v) is 8.58. The highest BCUT2D eigenvalue weighted by Gasteiger charge is 2.33. The summed E-state index contributed by atoms with van der Waals surface area (Å²) in [4.78, 5) is 14.9. The van der Waals surface area contributed by atoms with Gasteiger partial charge >= 0.3 is 0 Å². The van der Waals surface area contributed by atoms with Gasteiger partial charge < -0.3 is 20.1 Å². The van der Waals surface area contributed by atoms with Crippen LogP contribution in [0.5, 0.6) is 0 Å². The Bertz CT molecular complexity index is 1130. The average molecular weight is 442 g/mol. The second-order valence-corrected chi connectivity index (χ2v) is 11.7. The summed E-state index contributed by atoms with van der Waals surface area (Å²) in [6, 6.07) is 13.6. The summed E-state index contributed by atoms with van der Waals surface area (Å²) in [5.41, 5.74) is 9.00. The molecule has 3 atom stereocenters. The van der Waals surface area contributed by atoms with Crippen molar-refractivity contribution >= 4 is 33.0 Å². The molecule has 0 bridgehead atoms. The SMILES string of the molecule is Cc1ccc2nc(N3CCS(C)(O)c4ccccc4C3)nc(N3CC(N)C(F)C3)c2c1. The molecule has 0 spiro atoms. The van der Waals surface area contributed by atoms with Gasteiger partial charge in [-0.25, -0.2) is 9.37 Å². The Balaban J connectivity index is 1.60. The lowest BCUT2D eigenvalue weighted by atomic mass is 10.1. The highest BCUT2D eigenvalue weighted by molar-refractivity contribution is 8.28. The van der Waals surface area contributed by atoms with Gasteiger partial charge in [0.1, 0.15) is 12.0 Å². The van der Waals surface area contributed by atoms with Crippen molar-refractivity contribution in [2.45, 2.75) is 30.6 Å². The van der Waals surface area contributed by atoms with Crippen LogP contribution in [0, 0.1) is 6.92 Å². The first-order valence-corrected chi connectivity index (χ1v) is 12.7. The van der Waals surface area contributed by atoms with Crippen molar-refractivity contribution in [2.75, 3.05) is 41.4 Å². The van der Waals surface area contributed by atoms with Gasteiger partial charge in [-0.1, -0.05) is 29.8 Å². The molecular weight excluding hydrogens is 413 g/mol. The zero-order chi connectivity index (χ0) is 21.8. The van der Waals surface area contributed by atoms with Gasteiger partial charge in [0.15, 0.2) is 0 Å². The van der Waals surface area contributed by atoms with Gasteiger partial charge in [0.05, 0.1) is 18.1 Å². The van der Waals surface area contributed by atoms with Crippen molar-refractivity contribution < 1.29 is 8.94 Å². The molecule has 2 aliphatic rings. The fourth-order valence-electron chi connectivity index (χ4n) is 4.48. The maximum absolute atomic E-state index is 14.2. The topological polar surface area (TPSA) is 78.5 Å². The van der Waals surface area contributed by atoms with Gasteiger partial charge in [0, 0.05) is 35.7 Å². The first kappa shape index (κ1) is 20.5. The molecular formula is C23H28FN5OS. The van der Waals surface area contributed by atoms with E-state index in [0.29, 0.717) is 31.3 Å². The molecule has 8 heteroatoms. The number of rotatable bonds is 2. The van der Waals surface area contributed by atoms with Crippen LogP contribution in [0.2, 0.25) is 0 Å². The van der Waals surface area contributed by atoms with Crippen LogP contribution >= 0.6 is 10.3 Å². The molecule has 2 aromatic carbocycles. The molecule has 0 radical (unpaired) electrons. The molecule has 3 N–H and O–H groups in total. The minimum atomic E-state index is -1.88. The third kappa shape index (κ3) is 3.73. The molecule has 5 rings (SSSR count). The highest BCUT2D eigenvalue weighted by Crippen LogP contribution is 2.51. The maximum Gasteiger partial charge on any atom is 0.228 e. The van der Waals surface area contributed by atoms with Crippen molar-refractivity contribution in [2.24, 2.45) is 5.73 Å². The minimum absolute atomic E-state index is 0.238. The van der Waals surface area contributed by atoms with E-state index in [0.717, 1.165) is 32.7 Å². The number of aromatic nitrogens is 2. The van der Waals surface area contributed by atoms with Crippen LogP contribution in [0.3, 0.4) is 0 Å². The van der Waals surface area contributed by atoms with E-state index in [1.807, 2.05) is 48.4 Å². The molecule has 164 valence electrons. The smallest absolute Gasteiger partial charge is 0.228 e. The van der Waals surface area contributed by atoms with Gasteiger partial charge in [-0.15, -0.1) is 10.3 Å². The maximum atomic E-state index is 14.2. The number of alkyl halides is 1. The summed E-state index contributed by atoms with van der Waals surface area (Å²) in [5, 5.41) is 0.915. The Morgan fingerprint density at radius 3 is 2.71 bits per heavy atom. The molecule has 31 heavy (non-hydrogen) atoms. The molecule has 0 saturated carbocycles. The van der Waals surface area contributed by atoms with E-state index in [9.17, 15) is 8.94 Å². The van der Waals surface area contributed by atoms with Crippen LogP contribution in [0.4, 0.5) is 16.2 Å². The molecule has 3 heterocycles. The molecule has 1 aromatic heterocycles. The van der Waals surface area contributed by atoms with Gasteiger partial charge in [-0.3, -0.25) is 0 Å².